The minimum Gasteiger partial charge on any atom is -0.337 e. The van der Waals surface area contributed by atoms with E-state index in [9.17, 15) is 13.2 Å². The number of alkyl halides is 3. The molecule has 0 aliphatic rings. The highest BCUT2D eigenvalue weighted by molar-refractivity contribution is 7.13. The number of rotatable bonds is 6. The number of halogens is 3. The number of hydrogen-bond acceptors (Lipinski definition) is 4. The molecular weight excluding hydrogens is 263 g/mol. The van der Waals surface area contributed by atoms with Crippen LogP contribution >= 0.6 is 11.3 Å². The van der Waals surface area contributed by atoms with Gasteiger partial charge in [-0.3, -0.25) is 0 Å². The van der Waals surface area contributed by atoms with Gasteiger partial charge in [-0.1, -0.05) is 6.92 Å². The second-order valence-corrected chi connectivity index (χ2v) is 5.08. The lowest BCUT2D eigenvalue weighted by Crippen LogP contribution is -2.39. The summed E-state index contributed by atoms with van der Waals surface area (Å²) in [7, 11) is 0. The maximum Gasteiger partial charge on any atom is 0.406 e. The number of hydrogen-bond donors (Lipinski definition) is 1. The SMILES string of the molecule is CCNCc1csc(N(CC(F)(F)F)C(C)C)n1. The lowest BCUT2D eigenvalue weighted by atomic mass is 10.3. The minimum atomic E-state index is -4.21. The molecule has 3 nitrogen and oxygen atoms in total. The summed E-state index contributed by atoms with van der Waals surface area (Å²) in [6.07, 6.45) is -4.21. The Kier molecular flexibility index (Phi) is 5.40. The Morgan fingerprint density at radius 1 is 1.44 bits per heavy atom. The Morgan fingerprint density at radius 3 is 2.61 bits per heavy atom. The fourth-order valence-electron chi connectivity index (χ4n) is 1.43. The fraction of sp³-hybridized carbons (Fsp3) is 0.727. The standard InChI is InChI=1S/C11H18F3N3S/c1-4-15-5-9-6-18-10(16-9)17(8(2)3)7-11(12,13)14/h6,8,15H,4-5,7H2,1-3H3. The summed E-state index contributed by atoms with van der Waals surface area (Å²) in [6.45, 7) is 5.87. The summed E-state index contributed by atoms with van der Waals surface area (Å²) in [4.78, 5) is 5.51. The van der Waals surface area contributed by atoms with Gasteiger partial charge in [0.05, 0.1) is 5.69 Å². The van der Waals surface area contributed by atoms with Gasteiger partial charge in [0.25, 0.3) is 0 Å². The number of thiazole rings is 1. The van der Waals surface area contributed by atoms with Crippen molar-refractivity contribution in [1.82, 2.24) is 10.3 Å². The number of nitrogens with one attached hydrogen (secondary N) is 1. The van der Waals surface area contributed by atoms with Crippen molar-refractivity contribution in [1.29, 1.82) is 0 Å². The highest BCUT2D eigenvalue weighted by Gasteiger charge is 2.33. The zero-order chi connectivity index (χ0) is 13.8. The summed E-state index contributed by atoms with van der Waals surface area (Å²) in [5, 5.41) is 5.32. The molecule has 0 amide bonds. The zero-order valence-electron chi connectivity index (χ0n) is 10.7. The van der Waals surface area contributed by atoms with E-state index in [4.69, 9.17) is 0 Å². The van der Waals surface area contributed by atoms with Gasteiger partial charge in [-0.05, 0) is 20.4 Å². The van der Waals surface area contributed by atoms with Crippen LogP contribution in [0.3, 0.4) is 0 Å². The maximum absolute atomic E-state index is 12.5. The first-order valence-electron chi connectivity index (χ1n) is 5.82. The zero-order valence-corrected chi connectivity index (χ0v) is 11.5. The van der Waals surface area contributed by atoms with E-state index in [1.165, 1.54) is 16.2 Å². The Hall–Kier alpha value is -0.820. The number of nitrogens with zero attached hydrogens (tertiary/aromatic N) is 2. The first kappa shape index (κ1) is 15.2. The third kappa shape index (κ3) is 4.81. The molecule has 0 radical (unpaired) electrons. The van der Waals surface area contributed by atoms with Gasteiger partial charge in [0.15, 0.2) is 5.13 Å². The molecule has 1 aromatic heterocycles. The third-order valence-electron chi connectivity index (χ3n) is 2.31. The molecule has 7 heteroatoms. The summed E-state index contributed by atoms with van der Waals surface area (Å²) in [5.74, 6) is 0. The van der Waals surface area contributed by atoms with Gasteiger partial charge in [-0.15, -0.1) is 11.3 Å². The molecule has 1 aromatic rings. The molecule has 1 heterocycles. The average molecular weight is 281 g/mol. The highest BCUT2D eigenvalue weighted by atomic mass is 32.1. The van der Waals surface area contributed by atoms with Crippen molar-refractivity contribution in [2.24, 2.45) is 0 Å². The molecule has 0 saturated heterocycles. The molecule has 0 saturated carbocycles. The Bertz CT molecular complexity index is 363. The van der Waals surface area contributed by atoms with Crippen LogP contribution in [0, 0.1) is 0 Å². The molecular formula is C11H18F3N3S. The van der Waals surface area contributed by atoms with Crippen LogP contribution in [0.25, 0.3) is 0 Å². The number of aromatic nitrogens is 1. The molecule has 0 spiro atoms. The predicted octanol–water partition coefficient (Wildman–Crippen LogP) is 3.03. The molecule has 1 N–H and O–H groups in total. The topological polar surface area (TPSA) is 28.2 Å². The Balaban J connectivity index is 2.76. The summed E-state index contributed by atoms with van der Waals surface area (Å²) in [5.41, 5.74) is 0.782. The van der Waals surface area contributed by atoms with Crippen LogP contribution in [0.4, 0.5) is 18.3 Å². The largest absolute Gasteiger partial charge is 0.406 e. The molecule has 18 heavy (non-hydrogen) atoms. The molecule has 0 atom stereocenters. The average Bonchev–Trinajstić information content (AvgIpc) is 2.70. The predicted molar refractivity (Wildman–Crippen MR) is 68.0 cm³/mol. The van der Waals surface area contributed by atoms with Gasteiger partial charge in [-0.2, -0.15) is 13.2 Å². The number of anilines is 1. The van der Waals surface area contributed by atoms with Gasteiger partial charge in [-0.25, -0.2) is 4.98 Å². The third-order valence-corrected chi connectivity index (χ3v) is 3.24. The molecule has 0 aliphatic heterocycles. The molecule has 0 bridgehead atoms. The van der Waals surface area contributed by atoms with Crippen LogP contribution in [0.1, 0.15) is 26.5 Å². The van der Waals surface area contributed by atoms with E-state index in [0.717, 1.165) is 12.2 Å². The van der Waals surface area contributed by atoms with Crippen LogP contribution in [0.15, 0.2) is 5.38 Å². The summed E-state index contributed by atoms with van der Waals surface area (Å²) in [6, 6.07) is -0.232. The van der Waals surface area contributed by atoms with Crippen LogP contribution < -0.4 is 10.2 Å². The highest BCUT2D eigenvalue weighted by Crippen LogP contribution is 2.27. The Labute approximate surface area is 109 Å². The minimum absolute atomic E-state index is 0.232. The molecule has 0 fully saturated rings. The normalized spacial score (nSPS) is 12.2. The maximum atomic E-state index is 12.5. The lowest BCUT2D eigenvalue weighted by molar-refractivity contribution is -0.120. The van der Waals surface area contributed by atoms with Crippen molar-refractivity contribution >= 4 is 16.5 Å². The Morgan fingerprint density at radius 2 is 2.11 bits per heavy atom. The van der Waals surface area contributed by atoms with E-state index in [1.807, 2.05) is 6.92 Å². The van der Waals surface area contributed by atoms with Gasteiger partial charge < -0.3 is 10.2 Å². The second kappa shape index (κ2) is 6.38. The van der Waals surface area contributed by atoms with Crippen molar-refractivity contribution in [2.75, 3.05) is 18.0 Å². The fourth-order valence-corrected chi connectivity index (χ4v) is 2.38. The quantitative estimate of drug-likeness (QED) is 0.868. The van der Waals surface area contributed by atoms with Gasteiger partial charge in [0.2, 0.25) is 0 Å². The monoisotopic (exact) mass is 281 g/mol. The van der Waals surface area contributed by atoms with Gasteiger partial charge in [0.1, 0.15) is 6.54 Å². The van der Waals surface area contributed by atoms with Crippen molar-refractivity contribution in [3.05, 3.63) is 11.1 Å². The van der Waals surface area contributed by atoms with E-state index in [1.54, 1.807) is 19.2 Å². The van der Waals surface area contributed by atoms with E-state index < -0.39 is 12.7 Å². The van der Waals surface area contributed by atoms with Crippen molar-refractivity contribution in [2.45, 2.75) is 39.5 Å². The van der Waals surface area contributed by atoms with Crippen molar-refractivity contribution in [3.63, 3.8) is 0 Å². The molecule has 0 aliphatic carbocycles. The first-order valence-corrected chi connectivity index (χ1v) is 6.70. The van der Waals surface area contributed by atoms with E-state index in [-0.39, 0.29) is 6.04 Å². The van der Waals surface area contributed by atoms with E-state index >= 15 is 0 Å². The van der Waals surface area contributed by atoms with Crippen LogP contribution in [-0.2, 0) is 6.54 Å². The lowest BCUT2D eigenvalue weighted by Gasteiger charge is -2.27. The molecule has 104 valence electrons. The van der Waals surface area contributed by atoms with Crippen LogP contribution in [-0.4, -0.2) is 30.3 Å². The van der Waals surface area contributed by atoms with Crippen LogP contribution in [0.2, 0.25) is 0 Å². The summed E-state index contributed by atoms with van der Waals surface area (Å²) < 4.78 is 37.5. The molecule has 0 unspecified atom stereocenters. The summed E-state index contributed by atoms with van der Waals surface area (Å²) >= 11 is 1.25. The van der Waals surface area contributed by atoms with Gasteiger partial charge in [0, 0.05) is 18.0 Å². The van der Waals surface area contributed by atoms with Crippen molar-refractivity contribution in [3.8, 4) is 0 Å². The van der Waals surface area contributed by atoms with Crippen LogP contribution in [0.5, 0.6) is 0 Å². The van der Waals surface area contributed by atoms with Crippen molar-refractivity contribution < 1.29 is 13.2 Å². The smallest absolute Gasteiger partial charge is 0.337 e. The molecule has 1 rings (SSSR count). The van der Waals surface area contributed by atoms with E-state index in [2.05, 4.69) is 10.3 Å². The molecule has 0 aromatic carbocycles. The first-order chi connectivity index (χ1) is 8.33. The van der Waals surface area contributed by atoms with E-state index in [0.29, 0.717) is 11.7 Å². The second-order valence-electron chi connectivity index (χ2n) is 4.24. The van der Waals surface area contributed by atoms with Gasteiger partial charge >= 0.3 is 6.18 Å².